The molecule has 322 valence electrons. The van der Waals surface area contributed by atoms with Gasteiger partial charge in [-0.15, -0.1) is 0 Å². The Morgan fingerprint density at radius 2 is 0.676 bits per heavy atom. The van der Waals surface area contributed by atoms with Crippen molar-refractivity contribution in [2.24, 2.45) is 0 Å². The standard InChI is InChI=1S/C64H44N2O2/c1-41-17-9-13-25-55(41)65(57-27-15-11-23-51(57)43-19-5-3-6-20-43)49-31-29-45-37-53-61(39-47(45)35-49)67-59-33-34-60-64(63(53)59)54-38-46-30-32-50(36-48(46)40-62(54)68-60)66(56-26-14-10-18-42(56)2)58-28-16-12-24-52(58)44-21-7-4-8-22-44/h3-40H,1-2H3. The summed E-state index contributed by atoms with van der Waals surface area (Å²) in [6, 6.07) is 82.5. The fourth-order valence-corrected chi connectivity index (χ4v) is 10.4. The molecule has 11 aromatic carbocycles. The third-order valence-corrected chi connectivity index (χ3v) is 13.6. The van der Waals surface area contributed by atoms with E-state index in [1.165, 1.54) is 33.4 Å². The van der Waals surface area contributed by atoms with Crippen LogP contribution in [0.25, 0.3) is 87.7 Å². The summed E-state index contributed by atoms with van der Waals surface area (Å²) in [6.45, 7) is 4.36. The smallest absolute Gasteiger partial charge is 0.136 e. The van der Waals surface area contributed by atoms with Crippen molar-refractivity contribution in [2.75, 3.05) is 9.80 Å². The Morgan fingerprint density at radius 3 is 1.10 bits per heavy atom. The zero-order valence-electron chi connectivity index (χ0n) is 37.7. The summed E-state index contributed by atoms with van der Waals surface area (Å²) < 4.78 is 13.5. The normalized spacial score (nSPS) is 11.7. The van der Waals surface area contributed by atoms with Gasteiger partial charge >= 0.3 is 0 Å². The first-order valence-electron chi connectivity index (χ1n) is 23.2. The maximum Gasteiger partial charge on any atom is 0.136 e. The van der Waals surface area contributed by atoms with E-state index in [1.807, 2.05) is 0 Å². The van der Waals surface area contributed by atoms with E-state index in [0.29, 0.717) is 0 Å². The minimum Gasteiger partial charge on any atom is -0.456 e. The van der Waals surface area contributed by atoms with Crippen LogP contribution in [0.5, 0.6) is 0 Å². The Balaban J connectivity index is 0.944. The highest BCUT2D eigenvalue weighted by Crippen LogP contribution is 2.47. The first kappa shape index (κ1) is 39.5. The van der Waals surface area contributed by atoms with E-state index in [-0.39, 0.29) is 0 Å². The van der Waals surface area contributed by atoms with Crippen molar-refractivity contribution in [2.45, 2.75) is 13.8 Å². The van der Waals surface area contributed by atoms with Crippen molar-refractivity contribution < 1.29 is 8.83 Å². The number of hydrogen-bond acceptors (Lipinski definition) is 4. The zero-order valence-corrected chi connectivity index (χ0v) is 37.7. The summed E-state index contributed by atoms with van der Waals surface area (Å²) in [5.74, 6) is 0. The lowest BCUT2D eigenvalue weighted by molar-refractivity contribution is 0.663. The van der Waals surface area contributed by atoms with E-state index in [1.54, 1.807) is 0 Å². The molecule has 2 aromatic heterocycles. The van der Waals surface area contributed by atoms with Gasteiger partial charge in [0, 0.05) is 55.4 Å². The van der Waals surface area contributed by atoms with Crippen molar-refractivity contribution >= 4 is 99.5 Å². The molecule has 0 aliphatic heterocycles. The summed E-state index contributed by atoms with van der Waals surface area (Å²) in [4.78, 5) is 4.77. The van der Waals surface area contributed by atoms with Gasteiger partial charge in [-0.3, -0.25) is 0 Å². The average Bonchev–Trinajstić information content (AvgIpc) is 3.93. The van der Waals surface area contributed by atoms with Crippen molar-refractivity contribution in [3.63, 3.8) is 0 Å². The lowest BCUT2D eigenvalue weighted by Gasteiger charge is -2.29. The summed E-state index contributed by atoms with van der Waals surface area (Å²) in [7, 11) is 0. The Kier molecular flexibility index (Phi) is 9.26. The van der Waals surface area contributed by atoms with Crippen molar-refractivity contribution in [1.82, 2.24) is 0 Å². The predicted molar refractivity (Wildman–Crippen MR) is 286 cm³/mol. The molecule has 68 heavy (non-hydrogen) atoms. The highest BCUT2D eigenvalue weighted by Gasteiger charge is 2.23. The van der Waals surface area contributed by atoms with Crippen molar-refractivity contribution in [1.29, 1.82) is 0 Å². The highest BCUT2D eigenvalue weighted by atomic mass is 16.3. The molecule has 0 bridgehead atoms. The van der Waals surface area contributed by atoms with Crippen molar-refractivity contribution in [3.8, 4) is 22.3 Å². The molecule has 13 rings (SSSR count). The van der Waals surface area contributed by atoms with Gasteiger partial charge in [0.05, 0.1) is 11.4 Å². The Hall–Kier alpha value is -8.86. The molecule has 13 aromatic rings. The summed E-state index contributed by atoms with van der Waals surface area (Å²) >= 11 is 0. The monoisotopic (exact) mass is 872 g/mol. The molecule has 0 radical (unpaired) electrons. The van der Waals surface area contributed by atoms with Crippen molar-refractivity contribution in [3.05, 3.63) is 242 Å². The molecule has 0 atom stereocenters. The first-order valence-corrected chi connectivity index (χ1v) is 23.2. The molecule has 0 saturated carbocycles. The van der Waals surface area contributed by atoms with Crippen LogP contribution < -0.4 is 9.80 Å². The van der Waals surface area contributed by atoms with E-state index in [0.717, 1.165) is 99.5 Å². The van der Waals surface area contributed by atoms with Gasteiger partial charge in [0.2, 0.25) is 0 Å². The number of rotatable bonds is 8. The van der Waals surface area contributed by atoms with Gasteiger partial charge in [-0.05, 0) is 143 Å². The van der Waals surface area contributed by atoms with E-state index in [2.05, 4.69) is 254 Å². The van der Waals surface area contributed by atoms with Gasteiger partial charge in [0.25, 0.3) is 0 Å². The Labute approximate surface area is 394 Å². The van der Waals surface area contributed by atoms with Crippen LogP contribution in [0.4, 0.5) is 34.1 Å². The molecule has 0 spiro atoms. The molecule has 4 heteroatoms. The van der Waals surface area contributed by atoms with Crippen LogP contribution >= 0.6 is 0 Å². The average molecular weight is 873 g/mol. The number of aryl methyl sites for hydroxylation is 2. The number of hydrogen-bond donors (Lipinski definition) is 0. The fraction of sp³-hybridized carbons (Fsp3) is 0.0312. The minimum atomic E-state index is 0.838. The molecule has 0 aliphatic rings. The second-order valence-corrected chi connectivity index (χ2v) is 17.8. The van der Waals surface area contributed by atoms with E-state index in [4.69, 9.17) is 8.83 Å². The molecular formula is C64H44N2O2. The van der Waals surface area contributed by atoms with Gasteiger partial charge in [-0.1, -0.05) is 146 Å². The Morgan fingerprint density at radius 1 is 0.294 bits per heavy atom. The third kappa shape index (κ3) is 6.52. The van der Waals surface area contributed by atoms with E-state index in [9.17, 15) is 0 Å². The fourth-order valence-electron chi connectivity index (χ4n) is 10.4. The molecule has 0 unspecified atom stereocenters. The van der Waals surface area contributed by atoms with Crippen LogP contribution in [0.3, 0.4) is 0 Å². The molecule has 0 aliphatic carbocycles. The van der Waals surface area contributed by atoms with E-state index >= 15 is 0 Å². The number of para-hydroxylation sites is 4. The SMILES string of the molecule is Cc1ccccc1N(c1ccc2cc3c(cc2c1)oc1ccc2oc4cc5cc(N(c6ccccc6C)c6ccccc6-c6ccccc6)ccc5cc4c2c13)c1ccccc1-c1ccccc1. The van der Waals surface area contributed by atoms with Crippen LogP contribution in [0.15, 0.2) is 239 Å². The predicted octanol–water partition coefficient (Wildman–Crippen LogP) is 18.7. The Bertz CT molecular complexity index is 3810. The van der Waals surface area contributed by atoms with Crippen LogP contribution in [0.2, 0.25) is 0 Å². The molecule has 0 fully saturated rings. The van der Waals surface area contributed by atoms with E-state index < -0.39 is 0 Å². The minimum absolute atomic E-state index is 0.838. The maximum absolute atomic E-state index is 6.76. The molecular weight excluding hydrogens is 829 g/mol. The number of nitrogens with zero attached hydrogens (tertiary/aromatic N) is 2. The maximum atomic E-state index is 6.76. The number of anilines is 6. The quantitative estimate of drug-likeness (QED) is 0.152. The lowest BCUT2D eigenvalue weighted by Crippen LogP contribution is -2.12. The second kappa shape index (κ2) is 15.9. The largest absolute Gasteiger partial charge is 0.456 e. The highest BCUT2D eigenvalue weighted by molar-refractivity contribution is 6.28. The van der Waals surface area contributed by atoms with Gasteiger partial charge in [-0.25, -0.2) is 0 Å². The summed E-state index contributed by atoms with van der Waals surface area (Å²) in [5, 5.41) is 8.76. The lowest BCUT2D eigenvalue weighted by atomic mass is 9.99. The number of furan rings is 2. The zero-order chi connectivity index (χ0) is 45.3. The summed E-state index contributed by atoms with van der Waals surface area (Å²) in [5.41, 5.74) is 17.1. The van der Waals surface area contributed by atoms with Crippen LogP contribution in [0, 0.1) is 13.8 Å². The number of fused-ring (bicyclic) bond motifs is 9. The van der Waals surface area contributed by atoms with Gasteiger partial charge in [0.15, 0.2) is 0 Å². The first-order chi connectivity index (χ1) is 33.5. The molecule has 2 heterocycles. The summed E-state index contributed by atoms with van der Waals surface area (Å²) in [6.07, 6.45) is 0. The van der Waals surface area contributed by atoms with Gasteiger partial charge < -0.3 is 18.6 Å². The second-order valence-electron chi connectivity index (χ2n) is 17.8. The van der Waals surface area contributed by atoms with Gasteiger partial charge in [-0.2, -0.15) is 0 Å². The van der Waals surface area contributed by atoms with Gasteiger partial charge in [0.1, 0.15) is 22.3 Å². The number of benzene rings is 11. The van der Waals surface area contributed by atoms with Crippen LogP contribution in [-0.2, 0) is 0 Å². The topological polar surface area (TPSA) is 32.8 Å². The van der Waals surface area contributed by atoms with Crippen LogP contribution in [0.1, 0.15) is 11.1 Å². The molecule has 4 nitrogen and oxygen atoms in total. The van der Waals surface area contributed by atoms with Crippen LogP contribution in [-0.4, -0.2) is 0 Å². The third-order valence-electron chi connectivity index (χ3n) is 13.6. The molecule has 0 amide bonds. The molecule has 0 N–H and O–H groups in total. The molecule has 0 saturated heterocycles.